The summed E-state index contributed by atoms with van der Waals surface area (Å²) in [5.41, 5.74) is 1.34. The minimum atomic E-state index is -0.407. The van der Waals surface area contributed by atoms with E-state index in [2.05, 4.69) is 27.2 Å². The molecule has 1 amide bonds. The molecule has 0 heterocycles. The van der Waals surface area contributed by atoms with E-state index in [1.54, 1.807) is 24.3 Å². The average Bonchev–Trinajstić information content (AvgIpc) is 2.67. The molecule has 0 bridgehead atoms. The van der Waals surface area contributed by atoms with Gasteiger partial charge in [-0.1, -0.05) is 64.3 Å². The summed E-state index contributed by atoms with van der Waals surface area (Å²) in [6, 6.07) is 16.0. The molecule has 0 aliphatic carbocycles. The van der Waals surface area contributed by atoms with Crippen LogP contribution in [0.15, 0.2) is 54.6 Å². The fraction of sp³-hybridized carbons (Fsp3) is 0.238. The van der Waals surface area contributed by atoms with Gasteiger partial charge >= 0.3 is 0 Å². The Bertz CT molecular complexity index is 783. The van der Waals surface area contributed by atoms with Gasteiger partial charge in [0.1, 0.15) is 12.4 Å². The molecule has 0 spiro atoms. The topological polar surface area (TPSA) is 55.4 Å². The van der Waals surface area contributed by atoms with Gasteiger partial charge in [-0.05, 0) is 17.7 Å². The van der Waals surface area contributed by atoms with Crippen molar-refractivity contribution < 1.29 is 14.3 Å². The lowest BCUT2D eigenvalue weighted by Crippen LogP contribution is -2.30. The summed E-state index contributed by atoms with van der Waals surface area (Å²) in [4.78, 5) is 24.9. The molecule has 26 heavy (non-hydrogen) atoms. The summed E-state index contributed by atoms with van der Waals surface area (Å²) in [5, 5.41) is 3.50. The van der Waals surface area contributed by atoms with Crippen LogP contribution in [0.1, 0.15) is 34.8 Å². The van der Waals surface area contributed by atoms with Crippen molar-refractivity contribution in [3.05, 3.63) is 65.7 Å². The van der Waals surface area contributed by atoms with E-state index in [4.69, 9.17) is 11.2 Å². The van der Waals surface area contributed by atoms with Crippen LogP contribution in [0.3, 0.4) is 0 Å². The third-order valence-corrected chi connectivity index (χ3v) is 4.14. The minimum Gasteiger partial charge on any atom is -0.480 e. The number of carbonyl (C=O) groups excluding carboxylic acids is 2. The Balaban J connectivity index is 2.21. The average molecular weight is 414 g/mol. The number of ketones is 1. The van der Waals surface area contributed by atoms with Crippen molar-refractivity contribution in [1.29, 1.82) is 0 Å². The number of para-hydroxylation sites is 1. The Kier molecular flexibility index (Phi) is 7.91. The lowest BCUT2D eigenvalue weighted by atomic mass is 9.97. The molecule has 1 unspecified atom stereocenters. The van der Waals surface area contributed by atoms with Crippen molar-refractivity contribution in [3.63, 3.8) is 0 Å². The van der Waals surface area contributed by atoms with Crippen LogP contribution >= 0.6 is 15.9 Å². The maximum atomic E-state index is 12.9. The Morgan fingerprint density at radius 3 is 2.50 bits per heavy atom. The molecule has 1 atom stereocenters. The second-order valence-corrected chi connectivity index (χ2v) is 6.38. The van der Waals surface area contributed by atoms with E-state index in [1.165, 1.54) is 0 Å². The number of alkyl halides is 1. The van der Waals surface area contributed by atoms with E-state index in [0.717, 1.165) is 5.56 Å². The zero-order valence-corrected chi connectivity index (χ0v) is 15.9. The lowest BCUT2D eigenvalue weighted by molar-refractivity contribution is -0.121. The molecule has 0 fully saturated rings. The summed E-state index contributed by atoms with van der Waals surface area (Å²) < 4.78 is 5.46. The van der Waals surface area contributed by atoms with Crippen LogP contribution in [0.2, 0.25) is 0 Å². The minimum absolute atomic E-state index is 0.0917. The number of Topliss-reactive ketones (excluding diaryl/α,β-unsaturated/α-hetero) is 1. The van der Waals surface area contributed by atoms with E-state index in [1.807, 2.05) is 30.3 Å². The largest absolute Gasteiger partial charge is 0.480 e. The van der Waals surface area contributed by atoms with Gasteiger partial charge in [0, 0.05) is 18.2 Å². The van der Waals surface area contributed by atoms with Gasteiger partial charge in [-0.25, -0.2) is 0 Å². The fourth-order valence-corrected chi connectivity index (χ4v) is 2.89. The number of halogens is 1. The molecule has 2 aromatic rings. The third kappa shape index (κ3) is 5.75. The number of benzene rings is 2. The third-order valence-electron chi connectivity index (χ3n) is 3.75. The van der Waals surface area contributed by atoms with Crippen LogP contribution < -0.4 is 10.1 Å². The maximum absolute atomic E-state index is 12.9. The fourth-order valence-electron chi connectivity index (χ4n) is 2.53. The number of terminal acetylenes is 1. The summed E-state index contributed by atoms with van der Waals surface area (Å²) in [7, 11) is 0. The highest BCUT2D eigenvalue weighted by molar-refractivity contribution is 9.09. The van der Waals surface area contributed by atoms with E-state index < -0.39 is 6.04 Å². The zero-order valence-electron chi connectivity index (χ0n) is 14.3. The Hall–Kier alpha value is -2.58. The first-order valence-electron chi connectivity index (χ1n) is 8.24. The number of carbonyl (C=O) groups is 2. The van der Waals surface area contributed by atoms with Gasteiger partial charge in [-0.15, -0.1) is 6.42 Å². The summed E-state index contributed by atoms with van der Waals surface area (Å²) >= 11 is 3.26. The van der Waals surface area contributed by atoms with Crippen LogP contribution in [0.5, 0.6) is 5.75 Å². The molecule has 1 N–H and O–H groups in total. The standard InChI is InChI=1S/C21H20BrNO3/c1-2-14-26-20-11-7-6-10-17(20)19(24)15-18(23-21(25)12-13-22)16-8-4-3-5-9-16/h1,3-11,18H,12-15H2,(H,23,25). The predicted octanol–water partition coefficient (Wildman–Crippen LogP) is 3.91. The van der Waals surface area contributed by atoms with Gasteiger partial charge in [0.2, 0.25) is 5.91 Å². The molecule has 0 saturated heterocycles. The second kappa shape index (κ2) is 10.4. The Morgan fingerprint density at radius 1 is 1.12 bits per heavy atom. The van der Waals surface area contributed by atoms with Crippen molar-refractivity contribution in [1.82, 2.24) is 5.32 Å². The first kappa shape index (κ1) is 19.7. The second-order valence-electron chi connectivity index (χ2n) is 5.59. The molecule has 0 aromatic heterocycles. The van der Waals surface area contributed by atoms with Gasteiger partial charge in [0.05, 0.1) is 11.6 Å². The van der Waals surface area contributed by atoms with Crippen LogP contribution in [0.4, 0.5) is 0 Å². The first-order chi connectivity index (χ1) is 12.7. The normalized spacial score (nSPS) is 11.2. The molecule has 134 valence electrons. The molecule has 0 aliphatic heterocycles. The Labute approximate surface area is 162 Å². The quantitative estimate of drug-likeness (QED) is 0.385. The van der Waals surface area contributed by atoms with Crippen LogP contribution in [0, 0.1) is 12.3 Å². The van der Waals surface area contributed by atoms with Gasteiger partial charge < -0.3 is 10.1 Å². The van der Waals surface area contributed by atoms with Crippen LogP contribution in [-0.4, -0.2) is 23.6 Å². The monoisotopic (exact) mass is 413 g/mol. The predicted molar refractivity (Wildman–Crippen MR) is 105 cm³/mol. The molecular weight excluding hydrogens is 394 g/mol. The lowest BCUT2D eigenvalue weighted by Gasteiger charge is -2.19. The highest BCUT2D eigenvalue weighted by Crippen LogP contribution is 2.24. The molecule has 0 saturated carbocycles. The van der Waals surface area contributed by atoms with E-state index in [9.17, 15) is 9.59 Å². The summed E-state index contributed by atoms with van der Waals surface area (Å²) in [6.07, 6.45) is 5.71. The first-order valence-corrected chi connectivity index (χ1v) is 9.36. The van der Waals surface area contributed by atoms with Crippen molar-refractivity contribution in [3.8, 4) is 18.1 Å². The highest BCUT2D eigenvalue weighted by Gasteiger charge is 2.21. The molecule has 0 radical (unpaired) electrons. The van der Waals surface area contributed by atoms with Crippen LogP contribution in [-0.2, 0) is 4.79 Å². The van der Waals surface area contributed by atoms with Crippen molar-refractivity contribution in [2.45, 2.75) is 18.9 Å². The van der Waals surface area contributed by atoms with Crippen molar-refractivity contribution >= 4 is 27.6 Å². The molecule has 2 rings (SSSR count). The van der Waals surface area contributed by atoms with Crippen LogP contribution in [0.25, 0.3) is 0 Å². The number of rotatable bonds is 9. The summed E-state index contributed by atoms with van der Waals surface area (Å²) in [6.45, 7) is 0.0917. The van der Waals surface area contributed by atoms with Gasteiger partial charge in [0.15, 0.2) is 5.78 Å². The van der Waals surface area contributed by atoms with Gasteiger partial charge in [0.25, 0.3) is 0 Å². The molecular formula is C21H20BrNO3. The highest BCUT2D eigenvalue weighted by atomic mass is 79.9. The smallest absolute Gasteiger partial charge is 0.221 e. The number of nitrogens with one attached hydrogen (secondary N) is 1. The van der Waals surface area contributed by atoms with Crippen molar-refractivity contribution in [2.24, 2.45) is 0 Å². The number of hydrogen-bond acceptors (Lipinski definition) is 3. The number of amides is 1. The van der Waals surface area contributed by atoms with E-state index >= 15 is 0 Å². The Morgan fingerprint density at radius 2 is 1.81 bits per heavy atom. The number of hydrogen-bond donors (Lipinski definition) is 1. The molecule has 2 aromatic carbocycles. The van der Waals surface area contributed by atoms with Crippen molar-refractivity contribution in [2.75, 3.05) is 11.9 Å². The van der Waals surface area contributed by atoms with E-state index in [0.29, 0.717) is 23.1 Å². The molecule has 5 heteroatoms. The zero-order chi connectivity index (χ0) is 18.8. The maximum Gasteiger partial charge on any atom is 0.221 e. The van der Waals surface area contributed by atoms with Gasteiger partial charge in [-0.2, -0.15) is 0 Å². The van der Waals surface area contributed by atoms with Gasteiger partial charge in [-0.3, -0.25) is 9.59 Å². The summed E-state index contributed by atoms with van der Waals surface area (Å²) in [5.74, 6) is 2.62. The molecule has 4 nitrogen and oxygen atoms in total. The van der Waals surface area contributed by atoms with E-state index in [-0.39, 0.29) is 24.7 Å². The molecule has 0 aliphatic rings. The SMILES string of the molecule is C#CCOc1ccccc1C(=O)CC(NC(=O)CCBr)c1ccccc1. The number of ether oxygens (including phenoxy) is 1.